The first-order valence-electron chi connectivity index (χ1n) is 8.23. The Morgan fingerprint density at radius 2 is 1.83 bits per heavy atom. The summed E-state index contributed by atoms with van der Waals surface area (Å²) < 4.78 is 73.1. The number of nitrogens with zero attached hydrogens (tertiary/aromatic N) is 1. The predicted molar refractivity (Wildman–Crippen MR) is 93.8 cm³/mol. The van der Waals surface area contributed by atoms with Gasteiger partial charge in [0.15, 0.2) is 0 Å². The minimum Gasteiger partial charge on any atom is -0.744 e. The van der Waals surface area contributed by atoms with Gasteiger partial charge >= 0.3 is 6.18 Å². The molecule has 2 aliphatic rings. The zero-order chi connectivity index (χ0) is 22.3. The van der Waals surface area contributed by atoms with E-state index in [2.05, 4.69) is 5.10 Å². The van der Waals surface area contributed by atoms with E-state index < -0.39 is 67.3 Å². The fourth-order valence-electron chi connectivity index (χ4n) is 3.03. The number of hydrogen-bond donors (Lipinski definition) is 1. The fraction of sp³-hybridized carbons (Fsp3) is 0.167. The highest BCUT2D eigenvalue weighted by molar-refractivity contribution is 7.86. The molecule has 0 amide bonds. The predicted octanol–water partition coefficient (Wildman–Crippen LogP) is 0.995. The number of carbonyl (C=O) groups is 2. The lowest BCUT2D eigenvalue weighted by atomic mass is 9.76. The Morgan fingerprint density at radius 1 is 1.17 bits per heavy atom. The highest BCUT2D eigenvalue weighted by atomic mass is 32.2. The normalized spacial score (nSPS) is 22.6. The van der Waals surface area contributed by atoms with E-state index in [1.807, 2.05) is 5.43 Å². The smallest absolute Gasteiger partial charge is 0.416 e. The number of carbonyl (C=O) groups excluding carboxylic acids is 2. The molecule has 3 rings (SSSR count). The van der Waals surface area contributed by atoms with Crippen LogP contribution in [-0.4, -0.2) is 30.4 Å². The zero-order valence-corrected chi connectivity index (χ0v) is 15.5. The van der Waals surface area contributed by atoms with Gasteiger partial charge in [0.05, 0.1) is 22.1 Å². The van der Waals surface area contributed by atoms with Crippen molar-refractivity contribution in [2.45, 2.75) is 11.1 Å². The molecule has 2 atom stereocenters. The molecular weight excluding hydrogens is 429 g/mol. The summed E-state index contributed by atoms with van der Waals surface area (Å²) in [7, 11) is -5.18. The maximum absolute atomic E-state index is 13.0. The Hall–Kier alpha value is -3.25. The van der Waals surface area contributed by atoms with Crippen LogP contribution in [0.1, 0.15) is 5.56 Å². The van der Waals surface area contributed by atoms with Crippen LogP contribution < -0.4 is 10.5 Å². The number of ketones is 1. The molecule has 0 saturated heterocycles. The SMILES string of the molecule is O=C([O-])C1=CC2C=CC=CC2/C(=N/Nc2cc(C(F)(F)F)ccc2S(=O)(=O)[O-])C1=O. The second-order valence-corrected chi connectivity index (χ2v) is 7.69. The number of nitrogens with one attached hydrogen (secondary N) is 1. The van der Waals surface area contributed by atoms with E-state index in [1.54, 1.807) is 18.2 Å². The van der Waals surface area contributed by atoms with Crippen molar-refractivity contribution in [3.05, 3.63) is 59.7 Å². The number of rotatable bonds is 4. The molecule has 0 radical (unpaired) electrons. The van der Waals surface area contributed by atoms with Gasteiger partial charge in [-0.05, 0) is 18.2 Å². The summed E-state index contributed by atoms with van der Waals surface area (Å²) in [4.78, 5) is 22.7. The van der Waals surface area contributed by atoms with Crippen LogP contribution in [0.4, 0.5) is 18.9 Å². The van der Waals surface area contributed by atoms with Crippen LogP contribution in [0.25, 0.3) is 0 Å². The first kappa shape index (κ1) is 21.5. The molecule has 0 saturated carbocycles. The summed E-state index contributed by atoms with van der Waals surface area (Å²) in [5.74, 6) is -4.17. The molecule has 8 nitrogen and oxygen atoms in total. The van der Waals surface area contributed by atoms with E-state index in [1.165, 1.54) is 12.2 Å². The minimum atomic E-state index is -5.18. The van der Waals surface area contributed by atoms with Crippen molar-refractivity contribution in [1.29, 1.82) is 0 Å². The van der Waals surface area contributed by atoms with Gasteiger partial charge in [0.1, 0.15) is 15.8 Å². The average Bonchev–Trinajstić information content (AvgIpc) is 2.65. The van der Waals surface area contributed by atoms with Crippen molar-refractivity contribution in [3.63, 3.8) is 0 Å². The van der Waals surface area contributed by atoms with Crippen molar-refractivity contribution >= 4 is 33.3 Å². The third-order valence-electron chi connectivity index (χ3n) is 4.42. The Bertz CT molecular complexity index is 1150. The maximum atomic E-state index is 13.0. The van der Waals surface area contributed by atoms with Crippen LogP contribution in [0.5, 0.6) is 0 Å². The van der Waals surface area contributed by atoms with Crippen LogP contribution in [0.2, 0.25) is 0 Å². The molecule has 1 N–H and O–H groups in total. The van der Waals surface area contributed by atoms with Gasteiger partial charge in [-0.15, -0.1) is 0 Å². The summed E-state index contributed by atoms with van der Waals surface area (Å²) in [6.45, 7) is 0. The summed E-state index contributed by atoms with van der Waals surface area (Å²) in [5.41, 5.74) is -1.15. The first-order chi connectivity index (χ1) is 13.9. The number of aliphatic carboxylic acids is 1. The monoisotopic (exact) mass is 440 g/mol. The number of alkyl halides is 3. The van der Waals surface area contributed by atoms with Crippen molar-refractivity contribution < 1.29 is 40.8 Å². The van der Waals surface area contributed by atoms with Crippen LogP contribution in [-0.2, 0) is 25.9 Å². The maximum Gasteiger partial charge on any atom is 0.416 e. The summed E-state index contributed by atoms with van der Waals surface area (Å²) in [6.07, 6.45) is 2.57. The van der Waals surface area contributed by atoms with Gasteiger partial charge in [0.2, 0.25) is 5.78 Å². The lowest BCUT2D eigenvalue weighted by Crippen LogP contribution is -2.40. The molecule has 1 aromatic carbocycles. The van der Waals surface area contributed by atoms with Crippen molar-refractivity contribution in [3.8, 4) is 0 Å². The van der Waals surface area contributed by atoms with Crippen LogP contribution in [0.3, 0.4) is 0 Å². The number of carboxylic acids is 1. The van der Waals surface area contributed by atoms with Crippen LogP contribution >= 0.6 is 0 Å². The Morgan fingerprint density at radius 3 is 2.43 bits per heavy atom. The van der Waals surface area contributed by atoms with E-state index in [0.717, 1.165) is 0 Å². The number of allylic oxidation sites excluding steroid dienone is 5. The standard InChI is InChI=1S/C18H13F3N2O6S/c19-18(20,21)10-5-6-14(30(27,28)29)13(8-10)22-23-15-11-4-2-1-3-9(11)7-12(16(15)24)17(25)26/h1-9,11,22H,(H,25,26)(H,27,28,29)/p-2/b23-15-. The highest BCUT2D eigenvalue weighted by Gasteiger charge is 2.35. The summed E-state index contributed by atoms with van der Waals surface area (Å²) >= 11 is 0. The highest BCUT2D eigenvalue weighted by Crippen LogP contribution is 2.34. The molecule has 2 unspecified atom stereocenters. The number of benzene rings is 1. The summed E-state index contributed by atoms with van der Waals surface area (Å²) in [6, 6.07) is 1.23. The molecule has 158 valence electrons. The van der Waals surface area contributed by atoms with Crippen molar-refractivity contribution in [1.82, 2.24) is 0 Å². The van der Waals surface area contributed by atoms with E-state index in [-0.39, 0.29) is 0 Å². The van der Waals surface area contributed by atoms with Gasteiger partial charge in [0, 0.05) is 17.4 Å². The lowest BCUT2D eigenvalue weighted by Gasteiger charge is -2.28. The molecule has 2 aliphatic carbocycles. The molecule has 1 aromatic rings. The van der Waals surface area contributed by atoms with E-state index in [0.29, 0.717) is 18.2 Å². The van der Waals surface area contributed by atoms with Gasteiger partial charge in [-0.3, -0.25) is 10.2 Å². The van der Waals surface area contributed by atoms with E-state index in [9.17, 15) is 40.8 Å². The Kier molecular flexibility index (Phi) is 5.39. The first-order valence-corrected chi connectivity index (χ1v) is 9.64. The van der Waals surface area contributed by atoms with Gasteiger partial charge in [0.25, 0.3) is 0 Å². The number of anilines is 1. The molecule has 0 aromatic heterocycles. The topological polar surface area (TPSA) is 139 Å². The second-order valence-electron chi connectivity index (χ2n) is 6.34. The van der Waals surface area contributed by atoms with E-state index in [4.69, 9.17) is 0 Å². The number of carboxylic acid groups (broad SMARTS) is 1. The second kappa shape index (κ2) is 7.54. The van der Waals surface area contributed by atoms with Crippen molar-refractivity contribution in [2.75, 3.05) is 5.43 Å². The minimum absolute atomic E-state index is 0.353. The van der Waals surface area contributed by atoms with Crippen LogP contribution in [0.15, 0.2) is 64.1 Å². The molecule has 30 heavy (non-hydrogen) atoms. The zero-order valence-electron chi connectivity index (χ0n) is 14.7. The lowest BCUT2D eigenvalue weighted by molar-refractivity contribution is -0.298. The molecule has 0 fully saturated rings. The van der Waals surface area contributed by atoms with Gasteiger partial charge in [-0.2, -0.15) is 18.3 Å². The average molecular weight is 440 g/mol. The van der Waals surface area contributed by atoms with Crippen molar-refractivity contribution in [2.24, 2.45) is 16.9 Å². The number of Topliss-reactive ketones (excluding diaryl/α,β-unsaturated/α-hetero) is 1. The molecule has 12 heteroatoms. The third kappa shape index (κ3) is 4.19. The Balaban J connectivity index is 2.08. The van der Waals surface area contributed by atoms with Gasteiger partial charge in [-0.1, -0.05) is 30.4 Å². The molecule has 0 aliphatic heterocycles. The number of hydrogen-bond acceptors (Lipinski definition) is 8. The number of hydrazone groups is 1. The molecular formula is C18H11F3N2O6S-2. The molecule has 0 heterocycles. The largest absolute Gasteiger partial charge is 0.744 e. The Labute approximate surface area is 167 Å². The molecule has 0 bridgehead atoms. The number of fused-ring (bicyclic) bond motifs is 1. The van der Waals surface area contributed by atoms with E-state index >= 15 is 0 Å². The quantitative estimate of drug-likeness (QED) is 0.419. The van der Waals surface area contributed by atoms with Crippen LogP contribution in [0, 0.1) is 11.8 Å². The fourth-order valence-corrected chi connectivity index (χ4v) is 3.64. The molecule has 0 spiro atoms. The summed E-state index contributed by atoms with van der Waals surface area (Å²) in [5, 5.41) is 14.9. The van der Waals surface area contributed by atoms with Gasteiger partial charge < -0.3 is 14.5 Å². The number of halogens is 3. The third-order valence-corrected chi connectivity index (χ3v) is 5.32. The van der Waals surface area contributed by atoms with Gasteiger partial charge in [-0.25, -0.2) is 8.42 Å².